The molecule has 1 unspecified atom stereocenters. The van der Waals surface area contributed by atoms with Gasteiger partial charge in [-0.15, -0.1) is 0 Å². The van der Waals surface area contributed by atoms with E-state index < -0.39 is 5.60 Å². The Balaban J connectivity index is 2.15. The van der Waals surface area contributed by atoms with E-state index in [4.69, 9.17) is 0 Å². The van der Waals surface area contributed by atoms with Crippen LogP contribution in [0.2, 0.25) is 0 Å². The summed E-state index contributed by atoms with van der Waals surface area (Å²) in [7, 11) is 0. The zero-order valence-electron chi connectivity index (χ0n) is 8.91. The number of hydrogen-bond acceptors (Lipinski definition) is 5. The van der Waals surface area contributed by atoms with E-state index in [1.807, 2.05) is 0 Å². The van der Waals surface area contributed by atoms with Gasteiger partial charge in [-0.2, -0.15) is 5.06 Å². The van der Waals surface area contributed by atoms with Crippen LogP contribution in [-0.2, 0) is 0 Å². The lowest BCUT2D eigenvalue weighted by atomic mass is 9.94. The Labute approximate surface area is 93.1 Å². The number of imidazole rings is 1. The second kappa shape index (κ2) is 4.32. The maximum Gasteiger partial charge on any atom is 0.263 e. The summed E-state index contributed by atoms with van der Waals surface area (Å²) in [6, 6.07) is 0. The minimum absolute atomic E-state index is 0.237. The number of rotatable bonds is 1. The zero-order valence-corrected chi connectivity index (χ0v) is 8.91. The number of hydrogen-bond donors (Lipinski definition) is 2. The number of aromatic nitrogens is 2. The Kier molecular flexibility index (Phi) is 3.04. The van der Waals surface area contributed by atoms with Gasteiger partial charge in [-0.25, -0.2) is 4.98 Å². The van der Waals surface area contributed by atoms with Crippen LogP contribution in [-0.4, -0.2) is 49.5 Å². The van der Waals surface area contributed by atoms with Gasteiger partial charge >= 0.3 is 0 Å². The number of aliphatic hydroxyl groups is 1. The molecule has 0 radical (unpaired) electrons. The number of carbonyl (C=O) groups excluding carboxylic acids is 1. The smallest absolute Gasteiger partial charge is 0.263 e. The third kappa shape index (κ3) is 2.13. The number of nitrogens with zero attached hydrogens (tertiary/aromatic N) is 3. The molecule has 1 saturated heterocycles. The van der Waals surface area contributed by atoms with Crippen LogP contribution in [0.15, 0.2) is 18.7 Å². The van der Waals surface area contributed by atoms with Crippen molar-refractivity contribution in [3.63, 3.8) is 0 Å². The largest absolute Gasteiger partial charge is 0.380 e. The minimum Gasteiger partial charge on any atom is -0.380 e. The van der Waals surface area contributed by atoms with Gasteiger partial charge in [-0.3, -0.25) is 9.36 Å². The van der Waals surface area contributed by atoms with Crippen molar-refractivity contribution in [1.82, 2.24) is 14.6 Å². The van der Waals surface area contributed by atoms with Crippen LogP contribution >= 0.6 is 0 Å². The van der Waals surface area contributed by atoms with Crippen molar-refractivity contribution in [1.29, 1.82) is 0 Å². The second-order valence-corrected chi connectivity index (χ2v) is 4.11. The molecule has 1 aliphatic rings. The summed E-state index contributed by atoms with van der Waals surface area (Å²) in [5.74, 6) is -0.375. The molecule has 6 heteroatoms. The second-order valence-electron chi connectivity index (χ2n) is 4.11. The summed E-state index contributed by atoms with van der Waals surface area (Å²) in [6.07, 6.45) is 5.58. The summed E-state index contributed by atoms with van der Waals surface area (Å²) in [5.41, 5.74) is -1.39. The molecule has 2 N–H and O–H groups in total. The molecule has 2 rings (SSSR count). The van der Waals surface area contributed by atoms with Crippen LogP contribution in [0.3, 0.4) is 0 Å². The van der Waals surface area contributed by atoms with Gasteiger partial charge in [0.15, 0.2) is 0 Å². The molecule has 6 nitrogen and oxygen atoms in total. The van der Waals surface area contributed by atoms with Gasteiger partial charge in [0.25, 0.3) is 5.91 Å². The van der Waals surface area contributed by atoms with Gasteiger partial charge in [0, 0.05) is 31.9 Å². The van der Waals surface area contributed by atoms with Gasteiger partial charge < -0.3 is 10.3 Å². The number of carbonyl (C=O) groups is 1. The first-order chi connectivity index (χ1) is 7.62. The molecule has 1 aromatic rings. The quantitative estimate of drug-likeness (QED) is 0.710. The first-order valence-corrected chi connectivity index (χ1v) is 5.31. The van der Waals surface area contributed by atoms with Crippen molar-refractivity contribution >= 4 is 5.91 Å². The Hall–Kier alpha value is -1.24. The molecule has 1 aliphatic heterocycles. The minimum atomic E-state index is -1.39. The predicted molar refractivity (Wildman–Crippen MR) is 55.0 cm³/mol. The summed E-state index contributed by atoms with van der Waals surface area (Å²) < 4.78 is 1.28. The Morgan fingerprint density at radius 2 is 2.19 bits per heavy atom. The van der Waals surface area contributed by atoms with Crippen molar-refractivity contribution in [2.24, 2.45) is 0 Å². The fraction of sp³-hybridized carbons (Fsp3) is 0.600. The van der Waals surface area contributed by atoms with Gasteiger partial charge in [-0.05, 0) is 12.8 Å². The lowest BCUT2D eigenvalue weighted by molar-refractivity contribution is -0.0912. The average molecular weight is 225 g/mol. The molecule has 0 aliphatic carbocycles. The highest BCUT2D eigenvalue weighted by Crippen LogP contribution is 2.23. The van der Waals surface area contributed by atoms with Crippen molar-refractivity contribution in [2.75, 3.05) is 13.1 Å². The van der Waals surface area contributed by atoms with Gasteiger partial charge in [0.1, 0.15) is 11.9 Å². The standard InChI is InChI=1S/C10H15N3O3/c14-9(12-7-4-11-8-12)10(15)2-1-5-13(16)6-3-10/h4,7-8,15-16H,1-3,5-6H2. The Morgan fingerprint density at radius 3 is 2.88 bits per heavy atom. The molecule has 88 valence electrons. The molecule has 0 saturated carbocycles. The average Bonchev–Trinajstić information content (AvgIpc) is 2.73. The summed E-state index contributed by atoms with van der Waals surface area (Å²) in [6.45, 7) is 0.788. The molecule has 16 heavy (non-hydrogen) atoms. The van der Waals surface area contributed by atoms with E-state index in [9.17, 15) is 15.1 Å². The summed E-state index contributed by atoms with van der Waals surface area (Å²) >= 11 is 0. The van der Waals surface area contributed by atoms with E-state index in [1.54, 1.807) is 0 Å². The maximum atomic E-state index is 12.0. The molecular formula is C10H15N3O3. The SMILES string of the molecule is O=C(n1ccnc1)C1(O)CCCN(O)CC1. The zero-order chi connectivity index (χ0) is 11.6. The van der Waals surface area contributed by atoms with Crippen LogP contribution in [0.5, 0.6) is 0 Å². The highest BCUT2D eigenvalue weighted by atomic mass is 16.5. The van der Waals surface area contributed by atoms with Gasteiger partial charge in [-0.1, -0.05) is 0 Å². The highest BCUT2D eigenvalue weighted by Gasteiger charge is 2.38. The van der Waals surface area contributed by atoms with Crippen LogP contribution in [0.25, 0.3) is 0 Å². The van der Waals surface area contributed by atoms with Crippen molar-refractivity contribution < 1.29 is 15.1 Å². The molecule has 0 spiro atoms. The highest BCUT2D eigenvalue weighted by molar-refractivity contribution is 5.87. The third-order valence-electron chi connectivity index (χ3n) is 2.93. The summed E-state index contributed by atoms with van der Waals surface area (Å²) in [5, 5.41) is 20.7. The fourth-order valence-electron chi connectivity index (χ4n) is 1.94. The van der Waals surface area contributed by atoms with Gasteiger partial charge in [0.05, 0.1) is 0 Å². The maximum absolute atomic E-state index is 12.0. The first-order valence-electron chi connectivity index (χ1n) is 5.31. The van der Waals surface area contributed by atoms with Crippen LogP contribution in [0.1, 0.15) is 24.1 Å². The normalized spacial score (nSPS) is 27.6. The van der Waals surface area contributed by atoms with Crippen LogP contribution in [0.4, 0.5) is 0 Å². The number of hydroxylamine groups is 2. The van der Waals surface area contributed by atoms with E-state index in [-0.39, 0.29) is 12.3 Å². The lowest BCUT2D eigenvalue weighted by Gasteiger charge is -2.24. The Bertz CT molecular complexity index is 365. The van der Waals surface area contributed by atoms with Gasteiger partial charge in [0.2, 0.25) is 0 Å². The fourth-order valence-corrected chi connectivity index (χ4v) is 1.94. The van der Waals surface area contributed by atoms with Crippen molar-refractivity contribution in [2.45, 2.75) is 24.9 Å². The van der Waals surface area contributed by atoms with E-state index in [0.29, 0.717) is 25.9 Å². The van der Waals surface area contributed by atoms with E-state index >= 15 is 0 Å². The monoisotopic (exact) mass is 225 g/mol. The van der Waals surface area contributed by atoms with Crippen molar-refractivity contribution in [3.8, 4) is 0 Å². The lowest BCUT2D eigenvalue weighted by Crippen LogP contribution is -2.42. The topological polar surface area (TPSA) is 78.6 Å². The third-order valence-corrected chi connectivity index (χ3v) is 2.93. The molecule has 1 aromatic heterocycles. The predicted octanol–water partition coefficient (Wildman–Crippen LogP) is 0.130. The van der Waals surface area contributed by atoms with E-state index in [2.05, 4.69) is 4.98 Å². The summed E-state index contributed by atoms with van der Waals surface area (Å²) in [4.78, 5) is 15.8. The molecule has 2 heterocycles. The van der Waals surface area contributed by atoms with E-state index in [0.717, 1.165) is 5.06 Å². The van der Waals surface area contributed by atoms with Crippen molar-refractivity contribution in [3.05, 3.63) is 18.7 Å². The van der Waals surface area contributed by atoms with Crippen LogP contribution < -0.4 is 0 Å². The molecule has 0 bridgehead atoms. The molecule has 1 fully saturated rings. The molecule has 0 amide bonds. The Morgan fingerprint density at radius 1 is 1.38 bits per heavy atom. The molecule has 0 aromatic carbocycles. The van der Waals surface area contributed by atoms with Crippen LogP contribution in [0, 0.1) is 0 Å². The molecule has 1 atom stereocenters. The van der Waals surface area contributed by atoms with E-state index in [1.165, 1.54) is 23.3 Å². The molecular weight excluding hydrogens is 210 g/mol. The first kappa shape index (κ1) is 11.3.